The van der Waals surface area contributed by atoms with Crippen molar-refractivity contribution in [1.29, 1.82) is 0 Å². The van der Waals surface area contributed by atoms with Crippen LogP contribution in [-0.2, 0) is 0 Å². The van der Waals surface area contributed by atoms with Crippen molar-refractivity contribution in [3.8, 4) is 0 Å². The zero-order valence-corrected chi connectivity index (χ0v) is 12.0. The van der Waals surface area contributed by atoms with Crippen molar-refractivity contribution in [3.05, 3.63) is 33.4 Å². The Bertz CT molecular complexity index is 412. The summed E-state index contributed by atoms with van der Waals surface area (Å²) < 4.78 is 0. The first-order valence-electron chi connectivity index (χ1n) is 6.51. The topological polar surface area (TPSA) is 17.1 Å². The number of carbonyl (C=O) groups excluding carboxylic acids is 1. The van der Waals surface area contributed by atoms with Gasteiger partial charge in [-0.3, -0.25) is 4.79 Å². The van der Waals surface area contributed by atoms with Gasteiger partial charge in [0.2, 0.25) is 0 Å². The summed E-state index contributed by atoms with van der Waals surface area (Å²) >= 11 is 0. The van der Waals surface area contributed by atoms with Crippen LogP contribution in [0, 0.1) is 34.6 Å². The second-order valence-corrected chi connectivity index (χ2v) is 5.03. The Labute approximate surface area is 105 Å². The highest BCUT2D eigenvalue weighted by Crippen LogP contribution is 2.27. The van der Waals surface area contributed by atoms with Gasteiger partial charge in [-0.1, -0.05) is 13.3 Å². The number of hydrogen-bond donors (Lipinski definition) is 0. The van der Waals surface area contributed by atoms with E-state index in [1.165, 1.54) is 27.8 Å². The van der Waals surface area contributed by atoms with Crippen LogP contribution in [0.15, 0.2) is 0 Å². The Balaban J connectivity index is 3.29. The minimum absolute atomic E-state index is 0.313. The zero-order chi connectivity index (χ0) is 13.2. The number of rotatable bonds is 4. The minimum atomic E-state index is 0.313. The zero-order valence-electron chi connectivity index (χ0n) is 12.0. The van der Waals surface area contributed by atoms with Crippen LogP contribution in [0.25, 0.3) is 0 Å². The molecule has 0 radical (unpaired) electrons. The Morgan fingerprint density at radius 3 is 1.65 bits per heavy atom. The van der Waals surface area contributed by atoms with Gasteiger partial charge in [0.1, 0.15) is 0 Å². The molecule has 0 bridgehead atoms. The van der Waals surface area contributed by atoms with Crippen LogP contribution in [0.2, 0.25) is 0 Å². The van der Waals surface area contributed by atoms with Gasteiger partial charge in [-0.15, -0.1) is 0 Å². The summed E-state index contributed by atoms with van der Waals surface area (Å²) in [5.74, 6) is 0.313. The summed E-state index contributed by atoms with van der Waals surface area (Å²) in [5.41, 5.74) is 7.19. The van der Waals surface area contributed by atoms with Crippen molar-refractivity contribution < 1.29 is 4.79 Å². The number of ketones is 1. The van der Waals surface area contributed by atoms with Crippen molar-refractivity contribution in [2.75, 3.05) is 0 Å². The van der Waals surface area contributed by atoms with Gasteiger partial charge in [0, 0.05) is 12.0 Å². The quantitative estimate of drug-likeness (QED) is 0.693. The molecule has 0 unspecified atom stereocenters. The lowest BCUT2D eigenvalue weighted by atomic mass is 9.87. The third-order valence-electron chi connectivity index (χ3n) is 4.04. The second-order valence-electron chi connectivity index (χ2n) is 5.03. The fraction of sp³-hybridized carbons (Fsp3) is 0.562. The first-order chi connectivity index (χ1) is 7.91. The summed E-state index contributed by atoms with van der Waals surface area (Å²) in [4.78, 5) is 12.3. The van der Waals surface area contributed by atoms with Crippen LogP contribution in [0.1, 0.15) is 64.4 Å². The van der Waals surface area contributed by atoms with E-state index in [0.717, 1.165) is 18.4 Å². The second kappa shape index (κ2) is 5.48. The van der Waals surface area contributed by atoms with Crippen LogP contribution in [0.4, 0.5) is 0 Å². The molecule has 0 atom stereocenters. The average molecular weight is 232 g/mol. The van der Waals surface area contributed by atoms with Gasteiger partial charge in [0.25, 0.3) is 0 Å². The highest BCUT2D eigenvalue weighted by Gasteiger charge is 2.17. The molecule has 1 aromatic rings. The van der Waals surface area contributed by atoms with Crippen LogP contribution in [-0.4, -0.2) is 5.78 Å². The van der Waals surface area contributed by atoms with E-state index in [9.17, 15) is 4.79 Å². The summed E-state index contributed by atoms with van der Waals surface area (Å²) in [5, 5.41) is 0. The Kier molecular flexibility index (Phi) is 4.50. The highest BCUT2D eigenvalue weighted by molar-refractivity contribution is 5.99. The molecule has 1 heteroatoms. The summed E-state index contributed by atoms with van der Waals surface area (Å²) in [6, 6.07) is 0. The predicted molar refractivity (Wildman–Crippen MR) is 74.0 cm³/mol. The molecule has 0 saturated carbocycles. The maximum atomic E-state index is 12.3. The van der Waals surface area contributed by atoms with Crippen molar-refractivity contribution >= 4 is 5.78 Å². The lowest BCUT2D eigenvalue weighted by Gasteiger charge is -2.17. The molecule has 0 spiro atoms. The molecule has 17 heavy (non-hydrogen) atoms. The van der Waals surface area contributed by atoms with Crippen LogP contribution in [0.3, 0.4) is 0 Å². The Morgan fingerprint density at radius 1 is 0.824 bits per heavy atom. The number of Topliss-reactive ketones (excluding diaryl/α,β-unsaturated/α-hetero) is 1. The van der Waals surface area contributed by atoms with Gasteiger partial charge in [0.05, 0.1) is 0 Å². The minimum Gasteiger partial charge on any atom is -0.294 e. The standard InChI is InChI=1S/C16H24O/c1-7-8-9-15(17)16-13(5)11(3)10(2)12(4)14(16)6/h7-9H2,1-6H3. The van der Waals surface area contributed by atoms with E-state index < -0.39 is 0 Å². The molecule has 1 rings (SSSR count). The lowest BCUT2D eigenvalue weighted by molar-refractivity contribution is 0.0978. The Hall–Kier alpha value is -1.11. The number of unbranched alkanes of at least 4 members (excludes halogenated alkanes) is 1. The maximum Gasteiger partial charge on any atom is 0.163 e. The molecule has 0 aliphatic rings. The summed E-state index contributed by atoms with van der Waals surface area (Å²) in [7, 11) is 0. The first-order valence-corrected chi connectivity index (χ1v) is 6.51. The SMILES string of the molecule is CCCCC(=O)c1c(C)c(C)c(C)c(C)c1C. The van der Waals surface area contributed by atoms with Crippen molar-refractivity contribution in [3.63, 3.8) is 0 Å². The van der Waals surface area contributed by atoms with Crippen molar-refractivity contribution in [2.24, 2.45) is 0 Å². The predicted octanol–water partition coefficient (Wildman–Crippen LogP) is 4.60. The van der Waals surface area contributed by atoms with Crippen LogP contribution < -0.4 is 0 Å². The number of carbonyl (C=O) groups is 1. The first kappa shape index (κ1) is 14.0. The third-order valence-corrected chi connectivity index (χ3v) is 4.04. The van der Waals surface area contributed by atoms with Gasteiger partial charge in [0.15, 0.2) is 5.78 Å². The molecular formula is C16H24O. The lowest BCUT2D eigenvalue weighted by Crippen LogP contribution is -2.09. The fourth-order valence-electron chi connectivity index (χ4n) is 2.38. The highest BCUT2D eigenvalue weighted by atomic mass is 16.1. The summed E-state index contributed by atoms with van der Waals surface area (Å²) in [6.45, 7) is 12.7. The molecule has 0 aliphatic carbocycles. The number of benzene rings is 1. The monoisotopic (exact) mass is 232 g/mol. The van der Waals surface area contributed by atoms with Crippen molar-refractivity contribution in [1.82, 2.24) is 0 Å². The van der Waals surface area contributed by atoms with E-state index >= 15 is 0 Å². The third kappa shape index (κ3) is 2.59. The molecule has 0 heterocycles. The Morgan fingerprint density at radius 2 is 1.24 bits per heavy atom. The van der Waals surface area contributed by atoms with Gasteiger partial charge in [-0.05, 0) is 68.9 Å². The van der Waals surface area contributed by atoms with E-state index in [-0.39, 0.29) is 0 Å². The largest absolute Gasteiger partial charge is 0.294 e. The normalized spacial score (nSPS) is 10.7. The van der Waals surface area contributed by atoms with Gasteiger partial charge < -0.3 is 0 Å². The van der Waals surface area contributed by atoms with Crippen LogP contribution in [0.5, 0.6) is 0 Å². The fourth-order valence-corrected chi connectivity index (χ4v) is 2.38. The maximum absolute atomic E-state index is 12.3. The van der Waals surface area contributed by atoms with E-state index in [2.05, 4.69) is 41.5 Å². The average Bonchev–Trinajstić information content (AvgIpc) is 2.31. The molecule has 0 fully saturated rings. The number of hydrogen-bond acceptors (Lipinski definition) is 1. The molecule has 0 N–H and O–H groups in total. The molecule has 0 aromatic heterocycles. The van der Waals surface area contributed by atoms with E-state index in [1.54, 1.807) is 0 Å². The van der Waals surface area contributed by atoms with Crippen molar-refractivity contribution in [2.45, 2.75) is 60.8 Å². The molecule has 1 nitrogen and oxygen atoms in total. The molecule has 94 valence electrons. The van der Waals surface area contributed by atoms with Crippen LogP contribution >= 0.6 is 0 Å². The summed E-state index contributed by atoms with van der Waals surface area (Å²) in [6.07, 6.45) is 2.75. The van der Waals surface area contributed by atoms with E-state index in [0.29, 0.717) is 12.2 Å². The molecule has 0 saturated heterocycles. The van der Waals surface area contributed by atoms with Gasteiger partial charge in [-0.25, -0.2) is 0 Å². The van der Waals surface area contributed by atoms with E-state index in [4.69, 9.17) is 0 Å². The van der Waals surface area contributed by atoms with Gasteiger partial charge >= 0.3 is 0 Å². The van der Waals surface area contributed by atoms with E-state index in [1.807, 2.05) is 0 Å². The molecule has 0 aliphatic heterocycles. The molecular weight excluding hydrogens is 208 g/mol. The van der Waals surface area contributed by atoms with Gasteiger partial charge in [-0.2, -0.15) is 0 Å². The molecule has 1 aromatic carbocycles. The smallest absolute Gasteiger partial charge is 0.163 e. The molecule has 0 amide bonds.